The molecule has 0 N–H and O–H groups in total. The van der Waals surface area contributed by atoms with Crippen LogP contribution in [0.15, 0.2) is 115 Å². The molecule has 0 spiro atoms. The van der Waals surface area contributed by atoms with Crippen molar-refractivity contribution < 1.29 is 0 Å². The van der Waals surface area contributed by atoms with Crippen molar-refractivity contribution in [3.63, 3.8) is 0 Å². The van der Waals surface area contributed by atoms with Gasteiger partial charge >= 0.3 is 0 Å². The number of fused-ring (bicyclic) bond motifs is 6. The lowest BCUT2D eigenvalue weighted by Gasteiger charge is -2.23. The molecule has 1 heterocycles. The van der Waals surface area contributed by atoms with E-state index in [9.17, 15) is 0 Å². The van der Waals surface area contributed by atoms with Crippen molar-refractivity contribution >= 4 is 43.1 Å². The number of thiazole rings is 1. The standard InChI is InChI=1S/C36H25NS/c1-36(2)29-17-9-8-14-23(29)26-20-27-28(21-30(26)36)33(22-12-4-3-5-13-22)24-15-6-7-16-25(24)34(27)35-37-31-18-10-11-19-32(31)38-35/h3-21H,1-2H3. The van der Waals surface area contributed by atoms with E-state index in [4.69, 9.17) is 4.98 Å². The van der Waals surface area contributed by atoms with Gasteiger partial charge in [-0.3, -0.25) is 0 Å². The van der Waals surface area contributed by atoms with E-state index >= 15 is 0 Å². The van der Waals surface area contributed by atoms with Crippen LogP contribution < -0.4 is 0 Å². The van der Waals surface area contributed by atoms with Crippen molar-refractivity contribution in [1.29, 1.82) is 0 Å². The van der Waals surface area contributed by atoms with Crippen LogP contribution in [-0.4, -0.2) is 4.98 Å². The largest absolute Gasteiger partial charge is 0.236 e. The third-order valence-electron chi connectivity index (χ3n) is 8.30. The first kappa shape index (κ1) is 21.8. The molecule has 6 aromatic carbocycles. The van der Waals surface area contributed by atoms with Crippen LogP contribution in [0.3, 0.4) is 0 Å². The van der Waals surface area contributed by atoms with Crippen molar-refractivity contribution in [1.82, 2.24) is 4.98 Å². The van der Waals surface area contributed by atoms with E-state index in [0.717, 1.165) is 10.5 Å². The number of benzene rings is 6. The first-order chi connectivity index (χ1) is 18.6. The summed E-state index contributed by atoms with van der Waals surface area (Å²) in [6, 6.07) is 42.1. The van der Waals surface area contributed by atoms with Gasteiger partial charge < -0.3 is 0 Å². The maximum Gasteiger partial charge on any atom is 0.125 e. The van der Waals surface area contributed by atoms with Crippen molar-refractivity contribution in [2.45, 2.75) is 19.3 Å². The van der Waals surface area contributed by atoms with Crippen LogP contribution in [-0.2, 0) is 5.41 Å². The summed E-state index contributed by atoms with van der Waals surface area (Å²) in [7, 11) is 0. The molecule has 0 unspecified atom stereocenters. The third-order valence-corrected chi connectivity index (χ3v) is 9.35. The molecular weight excluding hydrogens is 478 g/mol. The third kappa shape index (κ3) is 2.95. The molecule has 0 fully saturated rings. The molecule has 0 saturated heterocycles. The molecule has 0 saturated carbocycles. The van der Waals surface area contributed by atoms with Gasteiger partial charge in [-0.15, -0.1) is 11.3 Å². The highest BCUT2D eigenvalue weighted by atomic mass is 32.1. The minimum atomic E-state index is -0.0598. The predicted molar refractivity (Wildman–Crippen MR) is 163 cm³/mol. The summed E-state index contributed by atoms with van der Waals surface area (Å²) >= 11 is 1.79. The molecule has 0 radical (unpaired) electrons. The molecule has 38 heavy (non-hydrogen) atoms. The summed E-state index contributed by atoms with van der Waals surface area (Å²) in [4.78, 5) is 5.17. The summed E-state index contributed by atoms with van der Waals surface area (Å²) in [6.07, 6.45) is 0. The van der Waals surface area contributed by atoms with E-state index in [1.807, 2.05) is 0 Å². The lowest BCUT2D eigenvalue weighted by Crippen LogP contribution is -2.14. The Hall–Kier alpha value is -4.27. The summed E-state index contributed by atoms with van der Waals surface area (Å²) in [6.45, 7) is 4.72. The minimum Gasteiger partial charge on any atom is -0.236 e. The molecule has 1 aromatic heterocycles. The number of hydrogen-bond donors (Lipinski definition) is 0. The Bertz CT molecular complexity index is 2010. The topological polar surface area (TPSA) is 12.9 Å². The normalized spacial score (nSPS) is 13.7. The van der Waals surface area contributed by atoms with Crippen LogP contribution in [0, 0.1) is 0 Å². The van der Waals surface area contributed by atoms with Gasteiger partial charge in [0.2, 0.25) is 0 Å². The number of aromatic nitrogens is 1. The molecule has 0 amide bonds. The van der Waals surface area contributed by atoms with Gasteiger partial charge in [-0.1, -0.05) is 105 Å². The highest BCUT2D eigenvalue weighted by Crippen LogP contribution is 2.53. The van der Waals surface area contributed by atoms with Gasteiger partial charge in [0.25, 0.3) is 0 Å². The van der Waals surface area contributed by atoms with E-state index in [1.54, 1.807) is 11.3 Å². The molecule has 1 aliphatic rings. The molecule has 0 bridgehead atoms. The first-order valence-electron chi connectivity index (χ1n) is 13.2. The Morgan fingerprint density at radius 1 is 0.553 bits per heavy atom. The van der Waals surface area contributed by atoms with Crippen molar-refractivity contribution in [2.75, 3.05) is 0 Å². The zero-order valence-electron chi connectivity index (χ0n) is 21.3. The zero-order chi connectivity index (χ0) is 25.4. The fourth-order valence-corrected chi connectivity index (χ4v) is 7.54. The lowest BCUT2D eigenvalue weighted by molar-refractivity contribution is 0.661. The molecule has 1 nitrogen and oxygen atoms in total. The van der Waals surface area contributed by atoms with Gasteiger partial charge in [-0.25, -0.2) is 4.98 Å². The molecule has 0 aliphatic heterocycles. The Morgan fingerprint density at radius 2 is 1.21 bits per heavy atom. The van der Waals surface area contributed by atoms with Gasteiger partial charge in [-0.05, 0) is 79.2 Å². The van der Waals surface area contributed by atoms with Gasteiger partial charge in [0.15, 0.2) is 0 Å². The summed E-state index contributed by atoms with van der Waals surface area (Å²) in [5.41, 5.74) is 10.3. The number of para-hydroxylation sites is 1. The smallest absolute Gasteiger partial charge is 0.125 e. The van der Waals surface area contributed by atoms with Crippen LogP contribution in [0.1, 0.15) is 25.0 Å². The second-order valence-electron chi connectivity index (χ2n) is 10.8. The highest BCUT2D eigenvalue weighted by molar-refractivity contribution is 7.21. The van der Waals surface area contributed by atoms with Crippen LogP contribution in [0.25, 0.3) is 64.6 Å². The fraction of sp³-hybridized carbons (Fsp3) is 0.0833. The average Bonchev–Trinajstić information content (AvgIpc) is 3.48. The van der Waals surface area contributed by atoms with Gasteiger partial charge in [0, 0.05) is 11.0 Å². The van der Waals surface area contributed by atoms with Crippen LogP contribution in [0.2, 0.25) is 0 Å². The molecule has 7 aromatic rings. The molecule has 1 aliphatic carbocycles. The Labute approximate surface area is 226 Å². The van der Waals surface area contributed by atoms with Gasteiger partial charge in [0.05, 0.1) is 10.2 Å². The van der Waals surface area contributed by atoms with Crippen molar-refractivity contribution in [3.05, 3.63) is 126 Å². The van der Waals surface area contributed by atoms with Gasteiger partial charge in [0.1, 0.15) is 5.01 Å². The molecule has 2 heteroatoms. The molecule has 8 rings (SSSR count). The summed E-state index contributed by atoms with van der Waals surface area (Å²) < 4.78 is 1.22. The Balaban J connectivity index is 1.59. The van der Waals surface area contributed by atoms with Crippen molar-refractivity contribution in [3.8, 4) is 32.8 Å². The van der Waals surface area contributed by atoms with Crippen LogP contribution in [0.5, 0.6) is 0 Å². The predicted octanol–water partition coefficient (Wildman–Crippen LogP) is 10.2. The monoisotopic (exact) mass is 503 g/mol. The number of rotatable bonds is 2. The van der Waals surface area contributed by atoms with Gasteiger partial charge in [-0.2, -0.15) is 0 Å². The second-order valence-corrected chi connectivity index (χ2v) is 11.8. The average molecular weight is 504 g/mol. The maximum absolute atomic E-state index is 5.17. The summed E-state index contributed by atoms with van der Waals surface area (Å²) in [5, 5.41) is 6.17. The quantitative estimate of drug-likeness (QED) is 0.214. The molecular formula is C36H25NS. The van der Waals surface area contributed by atoms with E-state index < -0.39 is 0 Å². The lowest BCUT2D eigenvalue weighted by atomic mass is 9.80. The summed E-state index contributed by atoms with van der Waals surface area (Å²) in [5.74, 6) is 0. The van der Waals surface area contributed by atoms with E-state index in [2.05, 4.69) is 129 Å². The van der Waals surface area contributed by atoms with Crippen molar-refractivity contribution in [2.24, 2.45) is 0 Å². The van der Waals surface area contributed by atoms with E-state index in [1.165, 1.54) is 65.2 Å². The minimum absolute atomic E-state index is 0.0598. The van der Waals surface area contributed by atoms with E-state index in [0.29, 0.717) is 0 Å². The zero-order valence-corrected chi connectivity index (χ0v) is 22.1. The second kappa shape index (κ2) is 7.86. The Morgan fingerprint density at radius 3 is 2.03 bits per heavy atom. The number of hydrogen-bond acceptors (Lipinski definition) is 2. The maximum atomic E-state index is 5.17. The number of nitrogens with zero attached hydrogens (tertiary/aromatic N) is 1. The first-order valence-corrected chi connectivity index (χ1v) is 14.0. The highest BCUT2D eigenvalue weighted by Gasteiger charge is 2.36. The fourth-order valence-electron chi connectivity index (χ4n) is 6.50. The van der Waals surface area contributed by atoms with Crippen LogP contribution >= 0.6 is 11.3 Å². The Kier molecular flexibility index (Phi) is 4.51. The van der Waals surface area contributed by atoms with E-state index in [-0.39, 0.29) is 5.41 Å². The molecule has 0 atom stereocenters. The SMILES string of the molecule is CC1(C)c2ccccc2-c2cc3c(-c4nc5ccccc5s4)c4ccccc4c(-c4ccccc4)c3cc21. The van der Waals surface area contributed by atoms with Crippen LogP contribution in [0.4, 0.5) is 0 Å². The molecule has 180 valence electrons.